The van der Waals surface area contributed by atoms with Crippen LogP contribution in [-0.2, 0) is 0 Å². The van der Waals surface area contributed by atoms with Crippen molar-refractivity contribution in [3.05, 3.63) is 64.7 Å². The quantitative estimate of drug-likeness (QED) is 0.800. The van der Waals surface area contributed by atoms with Gasteiger partial charge in [0.05, 0.1) is 13.2 Å². The molecule has 0 aliphatic rings. The van der Waals surface area contributed by atoms with E-state index in [0.29, 0.717) is 16.9 Å². The molecule has 106 valence electrons. The summed E-state index contributed by atoms with van der Waals surface area (Å²) in [5.74, 6) is -0.496. The molecule has 0 aromatic heterocycles. The molecule has 0 bridgehead atoms. The zero-order valence-electron chi connectivity index (χ0n) is 12.4. The summed E-state index contributed by atoms with van der Waals surface area (Å²) in [5.41, 5.74) is 3.16. The van der Waals surface area contributed by atoms with E-state index in [1.807, 2.05) is 32.0 Å². The first-order valence-electron chi connectivity index (χ1n) is 6.72. The molecule has 2 aromatic carbocycles. The van der Waals surface area contributed by atoms with Crippen LogP contribution in [0, 0.1) is 25.2 Å². The van der Waals surface area contributed by atoms with Crippen LogP contribution in [-0.4, -0.2) is 12.9 Å². The van der Waals surface area contributed by atoms with Crippen LogP contribution in [0.5, 0.6) is 5.75 Å². The van der Waals surface area contributed by atoms with Crippen LogP contribution in [0.1, 0.15) is 33.0 Å². The van der Waals surface area contributed by atoms with Gasteiger partial charge in [-0.15, -0.1) is 0 Å². The average Bonchev–Trinajstić information content (AvgIpc) is 2.48. The van der Waals surface area contributed by atoms with Crippen molar-refractivity contribution < 1.29 is 9.53 Å². The van der Waals surface area contributed by atoms with E-state index in [1.54, 1.807) is 24.3 Å². The Morgan fingerprint density at radius 1 is 1.19 bits per heavy atom. The molecule has 1 atom stereocenters. The van der Waals surface area contributed by atoms with Crippen molar-refractivity contribution in [3.8, 4) is 11.8 Å². The van der Waals surface area contributed by atoms with Crippen molar-refractivity contribution in [2.24, 2.45) is 0 Å². The highest BCUT2D eigenvalue weighted by molar-refractivity contribution is 6.04. The molecule has 0 saturated carbocycles. The van der Waals surface area contributed by atoms with Gasteiger partial charge in [0.25, 0.3) is 0 Å². The molecule has 0 N–H and O–H groups in total. The zero-order chi connectivity index (χ0) is 15.4. The molecule has 0 heterocycles. The third-order valence-electron chi connectivity index (χ3n) is 3.49. The van der Waals surface area contributed by atoms with Crippen molar-refractivity contribution in [2.75, 3.05) is 7.11 Å². The predicted molar refractivity (Wildman–Crippen MR) is 81.6 cm³/mol. The molecule has 21 heavy (non-hydrogen) atoms. The first-order chi connectivity index (χ1) is 10.1. The smallest absolute Gasteiger partial charge is 0.184 e. The summed E-state index contributed by atoms with van der Waals surface area (Å²) in [4.78, 5) is 12.7. The molecule has 0 saturated heterocycles. The van der Waals surface area contributed by atoms with E-state index in [2.05, 4.69) is 6.07 Å². The molecule has 0 amide bonds. The topological polar surface area (TPSA) is 50.1 Å². The number of nitrogens with zero attached hydrogens (tertiary/aromatic N) is 1. The van der Waals surface area contributed by atoms with Crippen LogP contribution < -0.4 is 4.74 Å². The number of para-hydroxylation sites is 1. The number of nitriles is 1. The Kier molecular flexibility index (Phi) is 4.39. The summed E-state index contributed by atoms with van der Waals surface area (Å²) < 4.78 is 5.26. The lowest BCUT2D eigenvalue weighted by Gasteiger charge is -2.14. The van der Waals surface area contributed by atoms with Gasteiger partial charge in [0.2, 0.25) is 0 Å². The van der Waals surface area contributed by atoms with Crippen LogP contribution in [0.15, 0.2) is 42.5 Å². The molecule has 1 unspecified atom stereocenters. The maximum absolute atomic E-state index is 12.7. The Bertz CT molecular complexity index is 713. The van der Waals surface area contributed by atoms with Crippen molar-refractivity contribution in [1.29, 1.82) is 5.26 Å². The summed E-state index contributed by atoms with van der Waals surface area (Å²) in [5, 5.41) is 9.45. The Balaban J connectivity index is 2.46. The zero-order valence-corrected chi connectivity index (χ0v) is 12.4. The fourth-order valence-corrected chi connectivity index (χ4v) is 2.42. The maximum Gasteiger partial charge on any atom is 0.184 e. The Morgan fingerprint density at radius 2 is 1.90 bits per heavy atom. The summed E-state index contributed by atoms with van der Waals surface area (Å²) in [6.45, 7) is 3.86. The minimum Gasteiger partial charge on any atom is -0.496 e. The van der Waals surface area contributed by atoms with Gasteiger partial charge >= 0.3 is 0 Å². The largest absolute Gasteiger partial charge is 0.496 e. The normalized spacial score (nSPS) is 11.5. The maximum atomic E-state index is 12.7. The Morgan fingerprint density at radius 3 is 2.52 bits per heavy atom. The SMILES string of the molecule is COc1ccccc1C(C#N)C(=O)c1ccc(C)cc1C. The van der Waals surface area contributed by atoms with Gasteiger partial charge in [-0.1, -0.05) is 42.0 Å². The molecule has 0 radical (unpaired) electrons. The van der Waals surface area contributed by atoms with E-state index in [-0.39, 0.29) is 5.78 Å². The number of benzene rings is 2. The van der Waals surface area contributed by atoms with Crippen LogP contribution in [0.2, 0.25) is 0 Å². The Labute approximate surface area is 124 Å². The van der Waals surface area contributed by atoms with E-state index in [1.165, 1.54) is 7.11 Å². The van der Waals surface area contributed by atoms with E-state index in [4.69, 9.17) is 4.74 Å². The van der Waals surface area contributed by atoms with Gasteiger partial charge in [0.1, 0.15) is 11.7 Å². The molecular weight excluding hydrogens is 262 g/mol. The summed E-state index contributed by atoms with van der Waals surface area (Å²) >= 11 is 0. The highest BCUT2D eigenvalue weighted by Crippen LogP contribution is 2.29. The third-order valence-corrected chi connectivity index (χ3v) is 3.49. The third kappa shape index (κ3) is 2.95. The van der Waals surface area contributed by atoms with Gasteiger partial charge in [0, 0.05) is 11.1 Å². The number of ketones is 1. The second-order valence-corrected chi connectivity index (χ2v) is 4.99. The van der Waals surface area contributed by atoms with Crippen LogP contribution in [0.4, 0.5) is 0 Å². The molecule has 2 aromatic rings. The molecule has 3 heteroatoms. The number of hydrogen-bond donors (Lipinski definition) is 0. The number of hydrogen-bond acceptors (Lipinski definition) is 3. The van der Waals surface area contributed by atoms with E-state index in [9.17, 15) is 10.1 Å². The minimum atomic E-state index is -0.859. The van der Waals surface area contributed by atoms with Crippen LogP contribution in [0.25, 0.3) is 0 Å². The van der Waals surface area contributed by atoms with Crippen molar-refractivity contribution >= 4 is 5.78 Å². The highest BCUT2D eigenvalue weighted by atomic mass is 16.5. The number of Topliss-reactive ketones (excluding diaryl/α,β-unsaturated/α-hetero) is 1. The van der Waals surface area contributed by atoms with E-state index >= 15 is 0 Å². The average molecular weight is 279 g/mol. The number of methoxy groups -OCH3 is 1. The van der Waals surface area contributed by atoms with Gasteiger partial charge in [-0.2, -0.15) is 5.26 Å². The van der Waals surface area contributed by atoms with E-state index < -0.39 is 5.92 Å². The molecule has 0 fully saturated rings. The second kappa shape index (κ2) is 6.23. The standard InChI is InChI=1S/C18H17NO2/c1-12-8-9-14(13(2)10-12)18(20)16(11-19)15-6-4-5-7-17(15)21-3/h4-10,16H,1-3H3. The number of aryl methyl sites for hydroxylation is 2. The highest BCUT2D eigenvalue weighted by Gasteiger charge is 2.25. The molecule has 2 rings (SSSR count). The molecule has 3 nitrogen and oxygen atoms in total. The summed E-state index contributed by atoms with van der Waals surface area (Å²) in [7, 11) is 1.54. The van der Waals surface area contributed by atoms with Gasteiger partial charge in [-0.05, 0) is 25.5 Å². The summed E-state index contributed by atoms with van der Waals surface area (Å²) in [6.07, 6.45) is 0. The molecule has 0 spiro atoms. The van der Waals surface area contributed by atoms with Gasteiger partial charge in [0.15, 0.2) is 5.78 Å². The molecule has 0 aliphatic heterocycles. The van der Waals surface area contributed by atoms with Gasteiger partial charge < -0.3 is 4.74 Å². The van der Waals surface area contributed by atoms with Crippen molar-refractivity contribution in [1.82, 2.24) is 0 Å². The van der Waals surface area contributed by atoms with Crippen molar-refractivity contribution in [3.63, 3.8) is 0 Å². The number of rotatable bonds is 4. The first kappa shape index (κ1) is 14.8. The lowest BCUT2D eigenvalue weighted by Crippen LogP contribution is -2.13. The van der Waals surface area contributed by atoms with Crippen molar-refractivity contribution in [2.45, 2.75) is 19.8 Å². The van der Waals surface area contributed by atoms with Gasteiger partial charge in [-0.25, -0.2) is 0 Å². The fourth-order valence-electron chi connectivity index (χ4n) is 2.42. The van der Waals surface area contributed by atoms with E-state index in [0.717, 1.165) is 11.1 Å². The number of carbonyl (C=O) groups is 1. The fraction of sp³-hybridized carbons (Fsp3) is 0.222. The lowest BCUT2D eigenvalue weighted by atomic mass is 9.89. The Hall–Kier alpha value is -2.60. The second-order valence-electron chi connectivity index (χ2n) is 4.99. The summed E-state index contributed by atoms with van der Waals surface area (Å²) in [6, 6.07) is 14.9. The minimum absolute atomic E-state index is 0.195. The lowest BCUT2D eigenvalue weighted by molar-refractivity contribution is 0.0977. The predicted octanol–water partition coefficient (Wildman–Crippen LogP) is 3.80. The van der Waals surface area contributed by atoms with Crippen LogP contribution >= 0.6 is 0 Å². The monoisotopic (exact) mass is 279 g/mol. The van der Waals surface area contributed by atoms with Gasteiger partial charge in [-0.3, -0.25) is 4.79 Å². The molecule has 0 aliphatic carbocycles. The number of ether oxygens (including phenoxy) is 1. The van der Waals surface area contributed by atoms with Crippen LogP contribution in [0.3, 0.4) is 0 Å². The molecular formula is C18H17NO2. The first-order valence-corrected chi connectivity index (χ1v) is 6.72. The number of carbonyl (C=O) groups excluding carboxylic acids is 1.